The van der Waals surface area contributed by atoms with Crippen LogP contribution in [0.4, 0.5) is 0 Å². The molecule has 0 saturated carbocycles. The molecule has 3 heterocycles. The van der Waals surface area contributed by atoms with Gasteiger partial charge in [0.1, 0.15) is 11.4 Å². The number of carbonyl (C=O) groups is 1. The molecule has 1 aromatic carbocycles. The first-order valence-electron chi connectivity index (χ1n) is 10.4. The summed E-state index contributed by atoms with van der Waals surface area (Å²) in [4.78, 5) is 23.9. The number of nitrogens with zero attached hydrogens (tertiary/aromatic N) is 4. The fourth-order valence-electron chi connectivity index (χ4n) is 3.44. The molecule has 4 aromatic rings. The topological polar surface area (TPSA) is 87.7 Å². The molecule has 0 N–H and O–H groups in total. The van der Waals surface area contributed by atoms with E-state index in [9.17, 15) is 9.59 Å². The summed E-state index contributed by atoms with van der Waals surface area (Å²) in [5, 5.41) is 9.38. The number of ether oxygens (including phenoxy) is 2. The maximum atomic E-state index is 12.2. The molecule has 164 valence electrons. The van der Waals surface area contributed by atoms with Crippen molar-refractivity contribution in [2.75, 3.05) is 13.2 Å². The third-order valence-electron chi connectivity index (χ3n) is 4.88. The predicted octanol–water partition coefficient (Wildman–Crippen LogP) is 3.75. The highest BCUT2D eigenvalue weighted by molar-refractivity contribution is 5.90. The van der Waals surface area contributed by atoms with Gasteiger partial charge in [0.25, 0.3) is 5.56 Å². The molecular formula is C24H24N4O4. The molecular weight excluding hydrogens is 408 g/mol. The Bertz CT molecular complexity index is 1310. The maximum absolute atomic E-state index is 12.2. The van der Waals surface area contributed by atoms with Crippen LogP contribution in [-0.4, -0.2) is 38.6 Å². The lowest BCUT2D eigenvalue weighted by molar-refractivity contribution is -0.145. The number of hydrogen-bond acceptors (Lipinski definition) is 6. The van der Waals surface area contributed by atoms with Crippen LogP contribution in [0.25, 0.3) is 28.0 Å². The Morgan fingerprint density at radius 1 is 1.03 bits per heavy atom. The maximum Gasteiger partial charge on any atom is 0.344 e. The third-order valence-corrected chi connectivity index (χ3v) is 4.88. The fourth-order valence-corrected chi connectivity index (χ4v) is 3.44. The molecule has 0 aliphatic heterocycles. The minimum Gasteiger partial charge on any atom is -0.480 e. The lowest BCUT2D eigenvalue weighted by atomic mass is 10.0. The molecule has 0 saturated heterocycles. The van der Waals surface area contributed by atoms with E-state index in [-0.39, 0.29) is 18.2 Å². The van der Waals surface area contributed by atoms with E-state index in [0.717, 1.165) is 22.3 Å². The van der Waals surface area contributed by atoms with Gasteiger partial charge < -0.3 is 9.47 Å². The van der Waals surface area contributed by atoms with Gasteiger partial charge in [0, 0.05) is 11.6 Å². The van der Waals surface area contributed by atoms with E-state index in [4.69, 9.17) is 14.6 Å². The van der Waals surface area contributed by atoms with Gasteiger partial charge in [-0.3, -0.25) is 4.79 Å². The van der Waals surface area contributed by atoms with Crippen molar-refractivity contribution >= 4 is 11.5 Å². The Morgan fingerprint density at radius 2 is 1.81 bits per heavy atom. The van der Waals surface area contributed by atoms with Crippen LogP contribution in [0.5, 0.6) is 5.75 Å². The molecule has 0 atom stereocenters. The molecule has 0 aliphatic carbocycles. The van der Waals surface area contributed by atoms with Crippen LogP contribution >= 0.6 is 0 Å². The zero-order chi connectivity index (χ0) is 22.7. The van der Waals surface area contributed by atoms with Crippen LogP contribution in [0, 0.1) is 0 Å². The molecule has 0 aliphatic rings. The van der Waals surface area contributed by atoms with Crippen molar-refractivity contribution in [3.8, 4) is 28.3 Å². The molecule has 0 amide bonds. The van der Waals surface area contributed by atoms with E-state index in [0.29, 0.717) is 18.1 Å². The molecule has 8 nitrogen and oxygen atoms in total. The van der Waals surface area contributed by atoms with Crippen molar-refractivity contribution in [2.45, 2.75) is 26.8 Å². The lowest BCUT2D eigenvalue weighted by Gasteiger charge is -2.10. The number of pyridine rings is 1. The number of fused-ring (bicyclic) bond motifs is 1. The van der Waals surface area contributed by atoms with Gasteiger partial charge >= 0.3 is 5.97 Å². The quantitative estimate of drug-likeness (QED) is 0.414. The van der Waals surface area contributed by atoms with Gasteiger partial charge in [-0.25, -0.2) is 14.0 Å². The number of rotatable bonds is 7. The number of esters is 1. The van der Waals surface area contributed by atoms with Gasteiger partial charge in [0.05, 0.1) is 35.6 Å². The Labute approximate surface area is 185 Å². The van der Waals surface area contributed by atoms with Gasteiger partial charge in [-0.1, -0.05) is 30.3 Å². The normalized spacial score (nSPS) is 11.1. The minimum absolute atomic E-state index is 0.0765. The first-order valence-corrected chi connectivity index (χ1v) is 10.4. The zero-order valence-electron chi connectivity index (χ0n) is 18.2. The number of carbonyl (C=O) groups excluding carboxylic acids is 1. The van der Waals surface area contributed by atoms with Gasteiger partial charge in [-0.15, -0.1) is 0 Å². The second-order valence-electron chi connectivity index (χ2n) is 7.47. The second kappa shape index (κ2) is 9.05. The van der Waals surface area contributed by atoms with Crippen LogP contribution in [0.1, 0.15) is 26.8 Å². The number of aromatic nitrogens is 4. The van der Waals surface area contributed by atoms with Gasteiger partial charge in [0.2, 0.25) is 0 Å². The van der Waals surface area contributed by atoms with Crippen LogP contribution in [0.3, 0.4) is 0 Å². The number of benzene rings is 1. The average Bonchev–Trinajstić information content (AvgIpc) is 3.17. The highest BCUT2D eigenvalue weighted by Crippen LogP contribution is 2.34. The highest BCUT2D eigenvalue weighted by Gasteiger charge is 2.19. The monoisotopic (exact) mass is 432 g/mol. The summed E-state index contributed by atoms with van der Waals surface area (Å²) in [5.74, 6) is 0.0539. The summed E-state index contributed by atoms with van der Waals surface area (Å²) in [6.45, 7) is 5.70. The van der Waals surface area contributed by atoms with E-state index in [1.807, 2.05) is 50.2 Å². The molecule has 8 heteroatoms. The van der Waals surface area contributed by atoms with Gasteiger partial charge in [0.15, 0.2) is 6.61 Å². The molecule has 0 fully saturated rings. The molecule has 0 unspecified atom stereocenters. The molecule has 32 heavy (non-hydrogen) atoms. The molecule has 3 aromatic heterocycles. The summed E-state index contributed by atoms with van der Waals surface area (Å²) in [7, 11) is 0. The van der Waals surface area contributed by atoms with E-state index in [1.54, 1.807) is 29.8 Å². The van der Waals surface area contributed by atoms with E-state index >= 15 is 0 Å². The van der Waals surface area contributed by atoms with Crippen LogP contribution in [-0.2, 0) is 9.53 Å². The first kappa shape index (κ1) is 21.3. The van der Waals surface area contributed by atoms with E-state index < -0.39 is 5.97 Å². The molecule has 0 bridgehead atoms. The summed E-state index contributed by atoms with van der Waals surface area (Å²) < 4.78 is 13.6. The Balaban J connectivity index is 1.84. The van der Waals surface area contributed by atoms with E-state index in [2.05, 4.69) is 5.10 Å². The van der Waals surface area contributed by atoms with Crippen molar-refractivity contribution in [1.82, 2.24) is 19.4 Å². The highest BCUT2D eigenvalue weighted by atomic mass is 16.6. The third kappa shape index (κ3) is 4.25. The van der Waals surface area contributed by atoms with Crippen LogP contribution in [0.15, 0.2) is 65.6 Å². The van der Waals surface area contributed by atoms with Crippen molar-refractivity contribution < 1.29 is 14.3 Å². The fraction of sp³-hybridized carbons (Fsp3) is 0.250. The smallest absolute Gasteiger partial charge is 0.344 e. The minimum atomic E-state index is -0.432. The summed E-state index contributed by atoms with van der Waals surface area (Å²) in [6.07, 6.45) is 1.71. The van der Waals surface area contributed by atoms with Crippen molar-refractivity contribution in [1.29, 1.82) is 0 Å². The average molecular weight is 432 g/mol. The SMILES string of the molecule is CCOC(=O)COc1ccc2c(-c3ccc(=O)n(C(C)C)n3)c(-c3ccccc3)nn2c1. The summed E-state index contributed by atoms with van der Waals surface area (Å²) in [5.41, 5.74) is 3.75. The zero-order valence-corrected chi connectivity index (χ0v) is 18.2. The Hall–Kier alpha value is -3.94. The van der Waals surface area contributed by atoms with Crippen molar-refractivity contribution in [2.24, 2.45) is 0 Å². The Kier molecular flexibility index (Phi) is 6.02. The molecule has 0 radical (unpaired) electrons. The first-order chi connectivity index (χ1) is 15.5. The second-order valence-corrected chi connectivity index (χ2v) is 7.47. The van der Waals surface area contributed by atoms with Crippen LogP contribution in [0.2, 0.25) is 0 Å². The molecule has 4 rings (SSSR count). The summed E-state index contributed by atoms with van der Waals surface area (Å²) in [6, 6.07) is 16.6. The lowest BCUT2D eigenvalue weighted by Crippen LogP contribution is -2.23. The van der Waals surface area contributed by atoms with Crippen molar-refractivity contribution in [3.63, 3.8) is 0 Å². The predicted molar refractivity (Wildman–Crippen MR) is 121 cm³/mol. The Morgan fingerprint density at radius 3 is 2.53 bits per heavy atom. The van der Waals surface area contributed by atoms with E-state index in [1.165, 1.54) is 10.7 Å². The number of hydrogen-bond donors (Lipinski definition) is 0. The van der Waals surface area contributed by atoms with Gasteiger partial charge in [-0.05, 0) is 39.0 Å². The standard InChI is InChI=1S/C24H24N4O4/c1-4-31-22(30)15-32-18-10-12-20-23(19-11-13-21(29)28(25-19)16(2)3)24(26-27(20)14-18)17-8-6-5-7-9-17/h5-14,16H,4,15H2,1-3H3. The largest absolute Gasteiger partial charge is 0.480 e. The van der Waals surface area contributed by atoms with Crippen molar-refractivity contribution in [3.05, 3.63) is 71.1 Å². The van der Waals surface area contributed by atoms with Gasteiger partial charge in [-0.2, -0.15) is 10.2 Å². The van der Waals surface area contributed by atoms with Crippen LogP contribution < -0.4 is 10.3 Å². The summed E-state index contributed by atoms with van der Waals surface area (Å²) >= 11 is 0. The molecule has 0 spiro atoms.